The summed E-state index contributed by atoms with van der Waals surface area (Å²) >= 11 is 5.76. The van der Waals surface area contributed by atoms with Gasteiger partial charge in [-0.1, -0.05) is 11.6 Å². The summed E-state index contributed by atoms with van der Waals surface area (Å²) in [7, 11) is 0. The average Bonchev–Trinajstić information content (AvgIpc) is 2.29. The summed E-state index contributed by atoms with van der Waals surface area (Å²) in [6.45, 7) is 3.00. The second-order valence-corrected chi connectivity index (χ2v) is 4.82. The lowest BCUT2D eigenvalue weighted by Crippen LogP contribution is -2.40. The standard InChI is InChI=1S/C12H16ClN3O/c1-8-6-9(2-4-14-8)12(17)16-10-3-5-15-11(13)7-10/h3,5,7-9,14H,2,4,6H2,1H3,(H,15,16,17). The first-order chi connectivity index (χ1) is 8.15. The van der Waals surface area contributed by atoms with Gasteiger partial charge in [0.05, 0.1) is 0 Å². The smallest absolute Gasteiger partial charge is 0.227 e. The van der Waals surface area contributed by atoms with Gasteiger partial charge in [-0.25, -0.2) is 4.98 Å². The van der Waals surface area contributed by atoms with Crippen molar-refractivity contribution in [2.45, 2.75) is 25.8 Å². The van der Waals surface area contributed by atoms with E-state index in [9.17, 15) is 4.79 Å². The SMILES string of the molecule is CC1CC(C(=O)Nc2ccnc(Cl)c2)CCN1. The second-order valence-electron chi connectivity index (χ2n) is 4.43. The van der Waals surface area contributed by atoms with E-state index in [1.807, 2.05) is 0 Å². The molecule has 1 aliphatic rings. The molecule has 1 aromatic heterocycles. The highest BCUT2D eigenvalue weighted by atomic mass is 35.5. The number of carbonyl (C=O) groups is 1. The maximum absolute atomic E-state index is 12.0. The van der Waals surface area contributed by atoms with Gasteiger partial charge in [-0.3, -0.25) is 4.79 Å². The van der Waals surface area contributed by atoms with E-state index in [2.05, 4.69) is 22.5 Å². The topological polar surface area (TPSA) is 54.0 Å². The molecule has 0 aromatic carbocycles. The number of pyridine rings is 1. The highest BCUT2D eigenvalue weighted by molar-refractivity contribution is 6.29. The molecule has 0 radical (unpaired) electrons. The van der Waals surface area contributed by atoms with Crippen molar-refractivity contribution < 1.29 is 4.79 Å². The zero-order valence-corrected chi connectivity index (χ0v) is 10.5. The lowest BCUT2D eigenvalue weighted by molar-refractivity contribution is -0.120. The zero-order chi connectivity index (χ0) is 12.3. The first-order valence-corrected chi connectivity index (χ1v) is 6.19. The molecule has 1 aromatic rings. The van der Waals surface area contributed by atoms with Gasteiger partial charge < -0.3 is 10.6 Å². The third-order valence-corrected chi connectivity index (χ3v) is 3.20. The van der Waals surface area contributed by atoms with E-state index in [1.165, 1.54) is 0 Å². The Morgan fingerprint density at radius 3 is 3.18 bits per heavy atom. The normalized spacial score (nSPS) is 24.4. The second kappa shape index (κ2) is 5.47. The minimum Gasteiger partial charge on any atom is -0.326 e. The first-order valence-electron chi connectivity index (χ1n) is 5.81. The number of halogens is 1. The lowest BCUT2D eigenvalue weighted by atomic mass is 9.92. The largest absolute Gasteiger partial charge is 0.326 e. The summed E-state index contributed by atoms with van der Waals surface area (Å²) in [5.41, 5.74) is 0.709. The molecular formula is C12H16ClN3O. The van der Waals surface area contributed by atoms with Crippen molar-refractivity contribution >= 4 is 23.2 Å². The molecular weight excluding hydrogens is 238 g/mol. The molecule has 0 saturated carbocycles. The van der Waals surface area contributed by atoms with Gasteiger partial charge in [0, 0.05) is 23.8 Å². The molecule has 1 saturated heterocycles. The molecule has 2 N–H and O–H groups in total. The Morgan fingerprint density at radius 2 is 2.47 bits per heavy atom. The number of aromatic nitrogens is 1. The van der Waals surface area contributed by atoms with Crippen LogP contribution >= 0.6 is 11.6 Å². The summed E-state index contributed by atoms with van der Waals surface area (Å²) in [5, 5.41) is 6.60. The van der Waals surface area contributed by atoms with Crippen LogP contribution < -0.4 is 10.6 Å². The van der Waals surface area contributed by atoms with E-state index in [1.54, 1.807) is 18.3 Å². The molecule has 17 heavy (non-hydrogen) atoms. The third-order valence-electron chi connectivity index (χ3n) is 2.99. The van der Waals surface area contributed by atoms with Gasteiger partial charge in [0.2, 0.25) is 5.91 Å². The van der Waals surface area contributed by atoms with Crippen LogP contribution in [0.25, 0.3) is 0 Å². The maximum atomic E-state index is 12.0. The van der Waals surface area contributed by atoms with Crippen molar-refractivity contribution in [2.75, 3.05) is 11.9 Å². The van der Waals surface area contributed by atoms with Crippen LogP contribution in [-0.4, -0.2) is 23.5 Å². The van der Waals surface area contributed by atoms with E-state index in [0.717, 1.165) is 19.4 Å². The third kappa shape index (κ3) is 3.41. The van der Waals surface area contributed by atoms with Gasteiger partial charge >= 0.3 is 0 Å². The molecule has 5 heteroatoms. The number of rotatable bonds is 2. The first kappa shape index (κ1) is 12.3. The molecule has 2 rings (SSSR count). The predicted molar refractivity (Wildman–Crippen MR) is 68.1 cm³/mol. The summed E-state index contributed by atoms with van der Waals surface area (Å²) in [5.74, 6) is 0.152. The summed E-state index contributed by atoms with van der Waals surface area (Å²) < 4.78 is 0. The van der Waals surface area contributed by atoms with Crippen LogP contribution in [0.15, 0.2) is 18.3 Å². The van der Waals surface area contributed by atoms with Crippen molar-refractivity contribution in [3.63, 3.8) is 0 Å². The molecule has 2 heterocycles. The molecule has 1 amide bonds. The molecule has 2 unspecified atom stereocenters. The molecule has 1 fully saturated rings. The Kier molecular flexibility index (Phi) is 3.97. The minimum absolute atomic E-state index is 0.0700. The molecule has 0 bridgehead atoms. The van der Waals surface area contributed by atoms with Crippen LogP contribution in [0, 0.1) is 5.92 Å². The van der Waals surface area contributed by atoms with E-state index >= 15 is 0 Å². The average molecular weight is 254 g/mol. The van der Waals surface area contributed by atoms with Crippen molar-refractivity contribution in [2.24, 2.45) is 5.92 Å². The van der Waals surface area contributed by atoms with Crippen LogP contribution in [0.2, 0.25) is 5.15 Å². The molecule has 92 valence electrons. The Bertz CT molecular complexity index is 410. The molecule has 0 spiro atoms. The van der Waals surface area contributed by atoms with Crippen molar-refractivity contribution in [3.05, 3.63) is 23.5 Å². The van der Waals surface area contributed by atoms with Crippen molar-refractivity contribution in [3.8, 4) is 0 Å². The fraction of sp³-hybridized carbons (Fsp3) is 0.500. The lowest BCUT2D eigenvalue weighted by Gasteiger charge is -2.27. The molecule has 4 nitrogen and oxygen atoms in total. The number of hydrogen-bond donors (Lipinski definition) is 2. The quantitative estimate of drug-likeness (QED) is 0.794. The monoisotopic (exact) mass is 253 g/mol. The summed E-state index contributed by atoms with van der Waals surface area (Å²) in [6, 6.07) is 3.80. The Morgan fingerprint density at radius 1 is 1.65 bits per heavy atom. The van der Waals surface area contributed by atoms with E-state index in [0.29, 0.717) is 16.9 Å². The van der Waals surface area contributed by atoms with Crippen LogP contribution in [0.1, 0.15) is 19.8 Å². The fourth-order valence-corrected chi connectivity index (χ4v) is 2.27. The number of carbonyl (C=O) groups excluding carboxylic acids is 1. The fourth-order valence-electron chi connectivity index (χ4n) is 2.09. The van der Waals surface area contributed by atoms with E-state index in [-0.39, 0.29) is 11.8 Å². The van der Waals surface area contributed by atoms with Gasteiger partial charge in [-0.15, -0.1) is 0 Å². The minimum atomic E-state index is 0.0700. The number of anilines is 1. The van der Waals surface area contributed by atoms with Crippen LogP contribution in [-0.2, 0) is 4.79 Å². The zero-order valence-electron chi connectivity index (χ0n) is 9.74. The summed E-state index contributed by atoms with van der Waals surface area (Å²) in [4.78, 5) is 15.9. The highest BCUT2D eigenvalue weighted by Gasteiger charge is 2.24. The van der Waals surface area contributed by atoms with Crippen LogP contribution in [0.3, 0.4) is 0 Å². The predicted octanol–water partition coefficient (Wildman–Crippen LogP) is 2.06. The van der Waals surface area contributed by atoms with Gasteiger partial charge in [-0.2, -0.15) is 0 Å². The van der Waals surface area contributed by atoms with Crippen molar-refractivity contribution in [1.82, 2.24) is 10.3 Å². The van der Waals surface area contributed by atoms with E-state index in [4.69, 9.17) is 11.6 Å². The van der Waals surface area contributed by atoms with Crippen LogP contribution in [0.4, 0.5) is 5.69 Å². The van der Waals surface area contributed by atoms with Gasteiger partial charge in [0.25, 0.3) is 0 Å². The van der Waals surface area contributed by atoms with Gasteiger partial charge in [0.1, 0.15) is 5.15 Å². The molecule has 2 atom stereocenters. The Hall–Kier alpha value is -1.13. The molecule has 1 aliphatic heterocycles. The van der Waals surface area contributed by atoms with Crippen molar-refractivity contribution in [1.29, 1.82) is 0 Å². The number of amides is 1. The van der Waals surface area contributed by atoms with E-state index < -0.39 is 0 Å². The van der Waals surface area contributed by atoms with Gasteiger partial charge in [0.15, 0.2) is 0 Å². The number of hydrogen-bond acceptors (Lipinski definition) is 3. The number of nitrogens with zero attached hydrogens (tertiary/aromatic N) is 1. The Labute approximate surface area is 106 Å². The summed E-state index contributed by atoms with van der Waals surface area (Å²) in [6.07, 6.45) is 3.35. The molecule has 0 aliphatic carbocycles. The highest BCUT2D eigenvalue weighted by Crippen LogP contribution is 2.19. The van der Waals surface area contributed by atoms with Crippen LogP contribution in [0.5, 0.6) is 0 Å². The Balaban J connectivity index is 1.96. The number of nitrogens with one attached hydrogen (secondary N) is 2. The van der Waals surface area contributed by atoms with Gasteiger partial charge in [-0.05, 0) is 38.4 Å². The maximum Gasteiger partial charge on any atom is 0.227 e. The number of piperidine rings is 1.